The molecule has 0 aromatic heterocycles. The average Bonchev–Trinajstić information content (AvgIpc) is 2.97. The molecule has 0 aliphatic heterocycles. The highest BCUT2D eigenvalue weighted by Gasteiger charge is 2.15. The molecule has 4 aromatic rings. The highest BCUT2D eigenvalue weighted by atomic mass is 127. The lowest BCUT2D eigenvalue weighted by atomic mass is 10.1. The minimum absolute atomic E-state index is 0.0714. The minimum Gasteiger partial charge on any atom is -0.490 e. The molecule has 1 amide bonds. The Morgan fingerprint density at radius 1 is 0.905 bits per heavy atom. The molecule has 214 valence electrons. The van der Waals surface area contributed by atoms with E-state index in [0.29, 0.717) is 56.8 Å². The molecule has 0 bridgehead atoms. The third-order valence-corrected chi connectivity index (χ3v) is 7.47. The minimum atomic E-state index is -0.544. The van der Waals surface area contributed by atoms with Gasteiger partial charge in [-0.1, -0.05) is 53.0 Å². The van der Waals surface area contributed by atoms with Gasteiger partial charge in [0.05, 0.1) is 10.2 Å². The quantitative estimate of drug-likeness (QED) is 0.0945. The summed E-state index contributed by atoms with van der Waals surface area (Å²) < 4.78 is 18.4. The molecule has 4 aromatic carbocycles. The van der Waals surface area contributed by atoms with Crippen molar-refractivity contribution in [2.24, 2.45) is 0 Å². The van der Waals surface area contributed by atoms with Crippen LogP contribution >= 0.6 is 57.4 Å². The van der Waals surface area contributed by atoms with Crippen molar-refractivity contribution >= 4 is 75.1 Å². The van der Waals surface area contributed by atoms with Gasteiger partial charge in [0, 0.05) is 26.3 Å². The van der Waals surface area contributed by atoms with Gasteiger partial charge in [-0.3, -0.25) is 4.79 Å². The van der Waals surface area contributed by atoms with Crippen molar-refractivity contribution in [3.05, 3.63) is 120 Å². The Hall–Kier alpha value is -3.42. The van der Waals surface area contributed by atoms with Gasteiger partial charge in [-0.15, -0.1) is 0 Å². The van der Waals surface area contributed by atoms with E-state index in [1.807, 2.05) is 25.1 Å². The van der Waals surface area contributed by atoms with E-state index in [2.05, 4.69) is 27.9 Å². The van der Waals surface area contributed by atoms with Crippen LogP contribution in [0.1, 0.15) is 23.6 Å². The third-order valence-electron chi connectivity index (χ3n) is 5.83. The lowest BCUT2D eigenvalue weighted by molar-refractivity contribution is -0.112. The molecule has 10 heteroatoms. The van der Waals surface area contributed by atoms with Crippen LogP contribution in [0.25, 0.3) is 6.08 Å². The van der Waals surface area contributed by atoms with Crippen molar-refractivity contribution in [2.75, 3.05) is 11.9 Å². The third kappa shape index (κ3) is 8.79. The number of nitrogens with zero attached hydrogens (tertiary/aromatic N) is 1. The number of amides is 1. The molecule has 0 aliphatic rings. The first-order valence-electron chi connectivity index (χ1n) is 12.7. The maximum absolute atomic E-state index is 12.9. The standard InChI is InChI=1S/C32H24Cl3IN2O4/c1-2-40-30-15-21(14-29(36)31(30)42-19-22-5-8-25(34)16-28(22)35)13-23(17-37)32(39)38-26-9-11-27(12-10-26)41-18-20-3-6-24(33)7-4-20/h3-16H,2,18-19H2,1H3,(H,38,39)/b23-13+. The Labute approximate surface area is 272 Å². The maximum atomic E-state index is 12.9. The molecule has 0 saturated heterocycles. The first kappa shape index (κ1) is 31.5. The topological polar surface area (TPSA) is 80.6 Å². The second-order valence-electron chi connectivity index (χ2n) is 8.85. The maximum Gasteiger partial charge on any atom is 0.266 e. The van der Waals surface area contributed by atoms with Crippen molar-refractivity contribution in [3.8, 4) is 23.3 Å². The summed E-state index contributed by atoms with van der Waals surface area (Å²) in [5.74, 6) is 1.10. The zero-order valence-corrected chi connectivity index (χ0v) is 26.7. The van der Waals surface area contributed by atoms with Gasteiger partial charge in [0.2, 0.25) is 0 Å². The Morgan fingerprint density at radius 3 is 2.29 bits per heavy atom. The zero-order valence-electron chi connectivity index (χ0n) is 22.3. The Morgan fingerprint density at radius 2 is 1.62 bits per heavy atom. The predicted octanol–water partition coefficient (Wildman–Crippen LogP) is 9.35. The summed E-state index contributed by atoms with van der Waals surface area (Å²) in [6.45, 7) is 2.84. The van der Waals surface area contributed by atoms with E-state index in [4.69, 9.17) is 49.0 Å². The summed E-state index contributed by atoms with van der Waals surface area (Å²) in [6, 6.07) is 25.0. The Bertz CT molecular complexity index is 1640. The van der Waals surface area contributed by atoms with Crippen molar-refractivity contribution in [1.29, 1.82) is 5.26 Å². The van der Waals surface area contributed by atoms with Crippen LogP contribution < -0.4 is 19.5 Å². The molecule has 1 N–H and O–H groups in total. The second kappa shape index (κ2) is 15.2. The molecule has 0 fully saturated rings. The first-order valence-corrected chi connectivity index (χ1v) is 14.9. The summed E-state index contributed by atoms with van der Waals surface area (Å²) >= 11 is 20.3. The van der Waals surface area contributed by atoms with Crippen molar-refractivity contribution in [1.82, 2.24) is 0 Å². The van der Waals surface area contributed by atoms with Crippen LogP contribution in [0, 0.1) is 14.9 Å². The van der Waals surface area contributed by atoms with Crippen molar-refractivity contribution in [3.63, 3.8) is 0 Å². The molecule has 4 rings (SSSR count). The number of nitriles is 1. The molecule has 42 heavy (non-hydrogen) atoms. The highest BCUT2D eigenvalue weighted by molar-refractivity contribution is 14.1. The smallest absolute Gasteiger partial charge is 0.266 e. The molecular weight excluding hydrogens is 710 g/mol. The van der Waals surface area contributed by atoms with Gasteiger partial charge >= 0.3 is 0 Å². The first-order chi connectivity index (χ1) is 20.2. The fraction of sp³-hybridized carbons (Fsp3) is 0.125. The lowest BCUT2D eigenvalue weighted by Gasteiger charge is -2.15. The van der Waals surface area contributed by atoms with E-state index in [1.165, 1.54) is 6.08 Å². The van der Waals surface area contributed by atoms with Crippen LogP contribution in [0.15, 0.2) is 84.4 Å². The molecular formula is C32H24Cl3IN2O4. The van der Waals surface area contributed by atoms with Gasteiger partial charge < -0.3 is 19.5 Å². The van der Waals surface area contributed by atoms with E-state index in [0.717, 1.165) is 14.7 Å². The number of ether oxygens (including phenoxy) is 3. The van der Waals surface area contributed by atoms with Crippen LogP contribution in [0.4, 0.5) is 5.69 Å². The molecule has 0 atom stereocenters. The lowest BCUT2D eigenvalue weighted by Crippen LogP contribution is -2.13. The van der Waals surface area contributed by atoms with Crippen LogP contribution in [-0.4, -0.2) is 12.5 Å². The molecule has 0 unspecified atom stereocenters. The van der Waals surface area contributed by atoms with E-state index in [9.17, 15) is 10.1 Å². The van der Waals surface area contributed by atoms with E-state index >= 15 is 0 Å². The molecule has 6 nitrogen and oxygen atoms in total. The largest absolute Gasteiger partial charge is 0.490 e. The van der Waals surface area contributed by atoms with Crippen molar-refractivity contribution in [2.45, 2.75) is 20.1 Å². The molecule has 0 aliphatic carbocycles. The van der Waals surface area contributed by atoms with Crippen LogP contribution in [0.2, 0.25) is 15.1 Å². The molecule has 0 radical (unpaired) electrons. The van der Waals surface area contributed by atoms with E-state index in [-0.39, 0.29) is 12.2 Å². The monoisotopic (exact) mass is 732 g/mol. The van der Waals surface area contributed by atoms with Gasteiger partial charge in [0.1, 0.15) is 30.6 Å². The van der Waals surface area contributed by atoms with Gasteiger partial charge in [0.15, 0.2) is 11.5 Å². The Balaban J connectivity index is 1.44. The van der Waals surface area contributed by atoms with Gasteiger partial charge in [-0.25, -0.2) is 0 Å². The number of carbonyl (C=O) groups excluding carboxylic acids is 1. The van der Waals surface area contributed by atoms with Gasteiger partial charge in [-0.05, 0) is 107 Å². The Kier molecular flexibility index (Phi) is 11.4. The predicted molar refractivity (Wildman–Crippen MR) is 176 cm³/mol. The number of rotatable bonds is 11. The summed E-state index contributed by atoms with van der Waals surface area (Å²) in [7, 11) is 0. The second-order valence-corrected chi connectivity index (χ2v) is 11.3. The molecule has 0 saturated carbocycles. The normalized spacial score (nSPS) is 11.0. The van der Waals surface area contributed by atoms with E-state index in [1.54, 1.807) is 66.7 Å². The number of anilines is 1. The number of halogens is 4. The zero-order chi connectivity index (χ0) is 30.1. The number of benzene rings is 4. The molecule has 0 spiro atoms. The fourth-order valence-electron chi connectivity index (χ4n) is 3.76. The van der Waals surface area contributed by atoms with E-state index < -0.39 is 5.91 Å². The molecule has 0 heterocycles. The summed E-state index contributed by atoms with van der Waals surface area (Å²) in [5.41, 5.74) is 2.81. The summed E-state index contributed by atoms with van der Waals surface area (Å²) in [5, 5.41) is 14.2. The number of hydrogen-bond acceptors (Lipinski definition) is 5. The van der Waals surface area contributed by atoms with Crippen LogP contribution in [-0.2, 0) is 18.0 Å². The fourth-order valence-corrected chi connectivity index (χ4v) is 5.13. The summed E-state index contributed by atoms with van der Waals surface area (Å²) in [6.07, 6.45) is 1.50. The average molecular weight is 734 g/mol. The van der Waals surface area contributed by atoms with Crippen LogP contribution in [0.5, 0.6) is 17.2 Å². The van der Waals surface area contributed by atoms with Crippen LogP contribution in [0.3, 0.4) is 0 Å². The van der Waals surface area contributed by atoms with Crippen molar-refractivity contribution < 1.29 is 19.0 Å². The number of carbonyl (C=O) groups is 1. The summed E-state index contributed by atoms with van der Waals surface area (Å²) in [4.78, 5) is 12.9. The number of nitrogens with one attached hydrogen (secondary N) is 1. The SMILES string of the molecule is CCOc1cc(/C=C(\C#N)C(=O)Nc2ccc(OCc3ccc(Cl)cc3)cc2)cc(I)c1OCc1ccc(Cl)cc1Cl. The number of hydrogen-bond donors (Lipinski definition) is 1. The highest BCUT2D eigenvalue weighted by Crippen LogP contribution is 2.36. The van der Waals surface area contributed by atoms with Gasteiger partial charge in [0.25, 0.3) is 5.91 Å². The van der Waals surface area contributed by atoms with Gasteiger partial charge in [-0.2, -0.15) is 5.26 Å².